The molecule has 6 heteroatoms. The van der Waals surface area contributed by atoms with Crippen molar-refractivity contribution in [1.82, 2.24) is 0 Å². The fraction of sp³-hybridized carbons (Fsp3) is 0.500. The molecule has 0 fully saturated rings. The molecule has 0 aliphatic carbocycles. The molecular formula is C12H14BrF3OS. The Morgan fingerprint density at radius 2 is 2.00 bits per heavy atom. The van der Waals surface area contributed by atoms with Crippen LogP contribution in [-0.4, -0.2) is 17.9 Å². The second kappa shape index (κ2) is 6.70. The fourth-order valence-electron chi connectivity index (χ4n) is 1.41. The zero-order valence-electron chi connectivity index (χ0n) is 10.1. The lowest BCUT2D eigenvalue weighted by Crippen LogP contribution is -2.08. The van der Waals surface area contributed by atoms with E-state index in [0.29, 0.717) is 5.75 Å². The van der Waals surface area contributed by atoms with Crippen molar-refractivity contribution >= 4 is 27.7 Å². The molecule has 0 spiro atoms. The average Bonchev–Trinajstić information content (AvgIpc) is 2.24. The quantitative estimate of drug-likeness (QED) is 0.679. The average molecular weight is 343 g/mol. The van der Waals surface area contributed by atoms with E-state index in [0.717, 1.165) is 10.0 Å². The van der Waals surface area contributed by atoms with Gasteiger partial charge in [-0.25, -0.2) is 0 Å². The van der Waals surface area contributed by atoms with Gasteiger partial charge >= 0.3 is 5.51 Å². The van der Waals surface area contributed by atoms with Gasteiger partial charge < -0.3 is 4.74 Å². The summed E-state index contributed by atoms with van der Waals surface area (Å²) in [5.41, 5.74) is -3.20. The van der Waals surface area contributed by atoms with Gasteiger partial charge in [-0.15, -0.1) is 0 Å². The predicted octanol–water partition coefficient (Wildman–Crippen LogP) is 5.20. The number of halogens is 4. The summed E-state index contributed by atoms with van der Waals surface area (Å²) in [5, 5.41) is 0. The van der Waals surface area contributed by atoms with Crippen molar-refractivity contribution in [2.24, 2.45) is 0 Å². The Bertz CT molecular complexity index is 393. The Balaban J connectivity index is 2.57. The highest BCUT2D eigenvalue weighted by Crippen LogP contribution is 2.31. The lowest BCUT2D eigenvalue weighted by atomic mass is 10.0. The maximum atomic E-state index is 11.9. The van der Waals surface area contributed by atoms with Crippen LogP contribution in [0.25, 0.3) is 0 Å². The van der Waals surface area contributed by atoms with Crippen molar-refractivity contribution in [1.29, 1.82) is 0 Å². The summed E-state index contributed by atoms with van der Waals surface area (Å²) in [7, 11) is 0. The molecule has 0 amide bonds. The van der Waals surface area contributed by atoms with Crippen molar-refractivity contribution in [2.45, 2.75) is 25.3 Å². The van der Waals surface area contributed by atoms with Gasteiger partial charge in [0.2, 0.25) is 0 Å². The SMILES string of the molecule is CC(C)c1cc(Br)ccc1OCCSC(F)(F)F. The maximum Gasteiger partial charge on any atom is 0.441 e. The first-order valence-corrected chi connectivity index (χ1v) is 7.20. The third kappa shape index (κ3) is 5.52. The fourth-order valence-corrected chi connectivity index (χ4v) is 2.19. The van der Waals surface area contributed by atoms with Gasteiger partial charge in [-0.3, -0.25) is 0 Å². The summed E-state index contributed by atoms with van der Waals surface area (Å²) in [6.45, 7) is 4.07. The first kappa shape index (κ1) is 15.7. The predicted molar refractivity (Wildman–Crippen MR) is 72.2 cm³/mol. The highest BCUT2D eigenvalue weighted by Gasteiger charge is 2.27. The molecule has 0 aromatic heterocycles. The Morgan fingerprint density at radius 3 is 2.56 bits per heavy atom. The Hall–Kier alpha value is -0.360. The van der Waals surface area contributed by atoms with Crippen LogP contribution >= 0.6 is 27.7 Å². The number of alkyl halides is 3. The van der Waals surface area contributed by atoms with Gasteiger partial charge in [-0.1, -0.05) is 29.8 Å². The minimum absolute atomic E-state index is 0.0472. The number of rotatable bonds is 5. The van der Waals surface area contributed by atoms with Crippen LogP contribution in [0, 0.1) is 0 Å². The second-order valence-corrected chi connectivity index (χ2v) is 6.06. The van der Waals surface area contributed by atoms with E-state index in [1.54, 1.807) is 6.07 Å². The molecule has 0 N–H and O–H groups in total. The number of thioether (sulfide) groups is 1. The molecule has 0 radical (unpaired) electrons. The minimum Gasteiger partial charge on any atom is -0.492 e. The summed E-state index contributed by atoms with van der Waals surface area (Å²) in [4.78, 5) is 0. The van der Waals surface area contributed by atoms with Crippen LogP contribution in [0.2, 0.25) is 0 Å². The summed E-state index contributed by atoms with van der Waals surface area (Å²) >= 11 is 3.30. The highest BCUT2D eigenvalue weighted by molar-refractivity contribution is 9.10. The molecule has 1 aromatic carbocycles. The van der Waals surface area contributed by atoms with Crippen LogP contribution in [0.4, 0.5) is 13.2 Å². The van der Waals surface area contributed by atoms with E-state index in [9.17, 15) is 13.2 Å². The minimum atomic E-state index is -4.19. The molecule has 0 atom stereocenters. The third-order valence-corrected chi connectivity index (χ3v) is 3.39. The molecule has 1 nitrogen and oxygen atoms in total. The van der Waals surface area contributed by atoms with E-state index >= 15 is 0 Å². The smallest absolute Gasteiger partial charge is 0.441 e. The van der Waals surface area contributed by atoms with E-state index in [-0.39, 0.29) is 30.0 Å². The molecule has 0 aliphatic heterocycles. The van der Waals surface area contributed by atoms with Crippen molar-refractivity contribution in [3.05, 3.63) is 28.2 Å². The van der Waals surface area contributed by atoms with Crippen LogP contribution in [0.15, 0.2) is 22.7 Å². The Labute approximate surface area is 117 Å². The van der Waals surface area contributed by atoms with Crippen LogP contribution < -0.4 is 4.74 Å². The number of ether oxygens (including phenoxy) is 1. The van der Waals surface area contributed by atoms with Gasteiger partial charge in [0.25, 0.3) is 0 Å². The van der Waals surface area contributed by atoms with Gasteiger partial charge in [-0.2, -0.15) is 13.2 Å². The van der Waals surface area contributed by atoms with Gasteiger partial charge in [0.05, 0.1) is 6.61 Å². The van der Waals surface area contributed by atoms with Gasteiger partial charge in [0.15, 0.2) is 0 Å². The van der Waals surface area contributed by atoms with Crippen LogP contribution in [0.3, 0.4) is 0 Å². The van der Waals surface area contributed by atoms with Crippen LogP contribution in [0.5, 0.6) is 5.75 Å². The third-order valence-electron chi connectivity index (χ3n) is 2.20. The lowest BCUT2D eigenvalue weighted by molar-refractivity contribution is -0.0329. The Morgan fingerprint density at radius 1 is 1.33 bits per heavy atom. The number of hydrogen-bond donors (Lipinski definition) is 0. The molecule has 1 rings (SSSR count). The molecule has 18 heavy (non-hydrogen) atoms. The topological polar surface area (TPSA) is 9.23 Å². The Kier molecular flexibility index (Phi) is 5.85. The van der Waals surface area contributed by atoms with E-state index in [1.165, 1.54) is 0 Å². The zero-order chi connectivity index (χ0) is 13.8. The monoisotopic (exact) mass is 342 g/mol. The normalized spacial score (nSPS) is 11.9. The first-order valence-electron chi connectivity index (χ1n) is 5.42. The van der Waals surface area contributed by atoms with Crippen molar-refractivity contribution in [2.75, 3.05) is 12.4 Å². The molecule has 0 unspecified atom stereocenters. The van der Waals surface area contributed by atoms with E-state index in [4.69, 9.17) is 4.74 Å². The van der Waals surface area contributed by atoms with E-state index in [1.807, 2.05) is 26.0 Å². The van der Waals surface area contributed by atoms with Gasteiger partial charge in [0.1, 0.15) is 5.75 Å². The summed E-state index contributed by atoms with van der Waals surface area (Å²) in [6, 6.07) is 5.52. The molecule has 102 valence electrons. The van der Waals surface area contributed by atoms with Crippen molar-refractivity contribution in [3.8, 4) is 5.75 Å². The number of benzene rings is 1. The molecule has 0 saturated heterocycles. The van der Waals surface area contributed by atoms with E-state index in [2.05, 4.69) is 15.9 Å². The lowest BCUT2D eigenvalue weighted by Gasteiger charge is -2.14. The second-order valence-electron chi connectivity index (χ2n) is 3.98. The van der Waals surface area contributed by atoms with Crippen LogP contribution in [-0.2, 0) is 0 Å². The van der Waals surface area contributed by atoms with Crippen molar-refractivity contribution in [3.63, 3.8) is 0 Å². The van der Waals surface area contributed by atoms with Crippen molar-refractivity contribution < 1.29 is 17.9 Å². The summed E-state index contributed by atoms with van der Waals surface area (Å²) in [6.07, 6.45) is 0. The highest BCUT2D eigenvalue weighted by atomic mass is 79.9. The standard InChI is InChI=1S/C12H14BrF3OS/c1-8(2)10-7-9(13)3-4-11(10)17-5-6-18-12(14,15)16/h3-4,7-8H,5-6H2,1-2H3. The first-order chi connectivity index (χ1) is 8.29. The maximum absolute atomic E-state index is 11.9. The largest absolute Gasteiger partial charge is 0.492 e. The zero-order valence-corrected chi connectivity index (χ0v) is 12.5. The van der Waals surface area contributed by atoms with E-state index < -0.39 is 5.51 Å². The van der Waals surface area contributed by atoms with Gasteiger partial charge in [-0.05, 0) is 41.4 Å². The molecule has 0 heterocycles. The molecule has 0 aliphatic rings. The molecule has 0 bridgehead atoms. The number of hydrogen-bond acceptors (Lipinski definition) is 2. The molecule has 1 aromatic rings. The summed E-state index contributed by atoms with van der Waals surface area (Å²) in [5.74, 6) is 0.806. The van der Waals surface area contributed by atoms with Gasteiger partial charge in [0, 0.05) is 10.2 Å². The summed E-state index contributed by atoms with van der Waals surface area (Å²) < 4.78 is 42.2. The molecular weight excluding hydrogens is 329 g/mol. The molecule has 0 saturated carbocycles. The van der Waals surface area contributed by atoms with Crippen LogP contribution in [0.1, 0.15) is 25.3 Å².